The minimum Gasteiger partial charge on any atom is -0.321 e. The van der Waals surface area contributed by atoms with Gasteiger partial charge in [0.25, 0.3) is 11.8 Å². The third kappa shape index (κ3) is 5.59. The van der Waals surface area contributed by atoms with Gasteiger partial charge in [-0.25, -0.2) is 4.98 Å². The minimum atomic E-state index is -0.368. The van der Waals surface area contributed by atoms with E-state index in [1.165, 1.54) is 24.6 Å². The first-order valence-electron chi connectivity index (χ1n) is 10.9. The number of carbonyl (C=O) groups excluding carboxylic acids is 2. The normalized spacial score (nSPS) is 14.1. The Labute approximate surface area is 199 Å². The molecule has 0 aliphatic heterocycles. The molecule has 2 aromatic carbocycles. The number of amides is 2. The molecule has 1 saturated carbocycles. The van der Waals surface area contributed by atoms with Crippen molar-refractivity contribution in [1.29, 1.82) is 0 Å². The first-order chi connectivity index (χ1) is 15.9. The summed E-state index contributed by atoms with van der Waals surface area (Å²) in [5.41, 5.74) is 2.87. The number of nitrogens with one attached hydrogen (secondary N) is 2. The number of aromatic nitrogens is 1. The fourth-order valence-electron chi connectivity index (χ4n) is 3.86. The van der Waals surface area contributed by atoms with Crippen molar-refractivity contribution in [3.63, 3.8) is 0 Å². The van der Waals surface area contributed by atoms with Crippen molar-refractivity contribution in [2.24, 2.45) is 0 Å². The molecule has 1 aromatic heterocycles. The first-order valence-corrected chi connectivity index (χ1v) is 11.3. The standard InChI is InChI=1S/C26H27ClN4O2/c1-31(2)16-15-26(13-14-26)19-9-7-18(8-10-19)24(32)29-22-6-4-3-5-21(22)25(33)30-23-12-11-20(27)17-28-23/h3-12,17H,13-16H2,1-2H3,(H,29,32)(H,28,30,33). The predicted molar refractivity (Wildman–Crippen MR) is 132 cm³/mol. The Bertz CT molecular complexity index is 1140. The summed E-state index contributed by atoms with van der Waals surface area (Å²) >= 11 is 5.85. The largest absolute Gasteiger partial charge is 0.321 e. The lowest BCUT2D eigenvalue weighted by Gasteiger charge is -2.19. The summed E-state index contributed by atoms with van der Waals surface area (Å²) in [5, 5.41) is 6.08. The van der Waals surface area contributed by atoms with Crippen LogP contribution in [0.5, 0.6) is 0 Å². The lowest BCUT2D eigenvalue weighted by Crippen LogP contribution is -2.20. The van der Waals surface area contributed by atoms with Crippen molar-refractivity contribution in [2.45, 2.75) is 24.7 Å². The van der Waals surface area contributed by atoms with Gasteiger partial charge >= 0.3 is 0 Å². The Morgan fingerprint density at radius 1 is 0.970 bits per heavy atom. The second kappa shape index (κ2) is 9.73. The zero-order chi connectivity index (χ0) is 23.4. The molecule has 0 bridgehead atoms. The molecule has 2 amide bonds. The molecule has 170 valence electrons. The number of carbonyl (C=O) groups is 2. The van der Waals surface area contributed by atoms with Crippen LogP contribution in [0.2, 0.25) is 5.02 Å². The monoisotopic (exact) mass is 462 g/mol. The maximum atomic E-state index is 12.9. The number of para-hydroxylation sites is 1. The number of rotatable bonds is 8. The van der Waals surface area contributed by atoms with E-state index in [1.807, 2.05) is 12.1 Å². The molecule has 33 heavy (non-hydrogen) atoms. The minimum absolute atomic E-state index is 0.250. The fourth-order valence-corrected chi connectivity index (χ4v) is 3.98. The molecule has 3 aromatic rings. The Kier molecular flexibility index (Phi) is 6.77. The molecule has 0 saturated heterocycles. The Morgan fingerprint density at radius 3 is 2.33 bits per heavy atom. The summed E-state index contributed by atoms with van der Waals surface area (Å²) in [6, 6.07) is 18.0. The van der Waals surface area contributed by atoms with Crippen molar-refractivity contribution in [1.82, 2.24) is 9.88 Å². The van der Waals surface area contributed by atoms with Crippen LogP contribution in [0, 0.1) is 0 Å². The van der Waals surface area contributed by atoms with E-state index >= 15 is 0 Å². The molecule has 0 radical (unpaired) electrons. The molecule has 0 atom stereocenters. The van der Waals surface area contributed by atoms with Crippen LogP contribution in [0.25, 0.3) is 0 Å². The fraction of sp³-hybridized carbons (Fsp3) is 0.269. The van der Waals surface area contributed by atoms with Crippen LogP contribution in [0.15, 0.2) is 66.9 Å². The molecule has 1 aliphatic carbocycles. The topological polar surface area (TPSA) is 74.3 Å². The van der Waals surface area contributed by atoms with Crippen LogP contribution in [0.3, 0.4) is 0 Å². The van der Waals surface area contributed by atoms with E-state index in [-0.39, 0.29) is 17.2 Å². The van der Waals surface area contributed by atoms with E-state index in [9.17, 15) is 9.59 Å². The van der Waals surface area contributed by atoms with Crippen molar-refractivity contribution in [3.05, 3.63) is 88.6 Å². The molecular formula is C26H27ClN4O2. The highest BCUT2D eigenvalue weighted by Gasteiger charge is 2.43. The van der Waals surface area contributed by atoms with E-state index in [4.69, 9.17) is 11.6 Å². The van der Waals surface area contributed by atoms with E-state index in [2.05, 4.69) is 46.7 Å². The van der Waals surface area contributed by atoms with E-state index < -0.39 is 0 Å². The van der Waals surface area contributed by atoms with Crippen LogP contribution in [0.4, 0.5) is 11.5 Å². The molecule has 1 heterocycles. The van der Waals surface area contributed by atoms with E-state index in [1.54, 1.807) is 36.4 Å². The van der Waals surface area contributed by atoms with Crippen LogP contribution >= 0.6 is 11.6 Å². The summed E-state index contributed by atoms with van der Waals surface area (Å²) in [5.74, 6) is -0.249. The summed E-state index contributed by atoms with van der Waals surface area (Å²) in [7, 11) is 4.18. The first kappa shape index (κ1) is 23.0. The molecule has 2 N–H and O–H groups in total. The second-order valence-corrected chi connectivity index (χ2v) is 9.16. The smallest absolute Gasteiger partial charge is 0.258 e. The highest BCUT2D eigenvalue weighted by atomic mass is 35.5. The van der Waals surface area contributed by atoms with Gasteiger partial charge in [-0.05, 0) is 87.3 Å². The maximum absolute atomic E-state index is 12.9. The lowest BCUT2D eigenvalue weighted by atomic mass is 9.91. The van der Waals surface area contributed by atoms with Crippen molar-refractivity contribution >= 4 is 34.9 Å². The number of anilines is 2. The van der Waals surface area contributed by atoms with Crippen molar-refractivity contribution in [3.8, 4) is 0 Å². The third-order valence-corrected chi connectivity index (χ3v) is 6.26. The summed E-state index contributed by atoms with van der Waals surface area (Å²) in [4.78, 5) is 32.0. The maximum Gasteiger partial charge on any atom is 0.258 e. The number of nitrogens with zero attached hydrogens (tertiary/aromatic N) is 2. The highest BCUT2D eigenvalue weighted by molar-refractivity contribution is 6.30. The molecule has 1 fully saturated rings. The van der Waals surface area contributed by atoms with Crippen molar-refractivity contribution < 1.29 is 9.59 Å². The van der Waals surface area contributed by atoms with E-state index in [0.29, 0.717) is 27.7 Å². The average Bonchev–Trinajstić information content (AvgIpc) is 3.61. The van der Waals surface area contributed by atoms with Crippen LogP contribution in [-0.4, -0.2) is 42.3 Å². The molecule has 0 unspecified atom stereocenters. The van der Waals surface area contributed by atoms with Gasteiger partial charge in [-0.3, -0.25) is 9.59 Å². The van der Waals surface area contributed by atoms with Gasteiger partial charge in [0.1, 0.15) is 5.82 Å². The SMILES string of the molecule is CN(C)CCC1(c2ccc(C(=O)Nc3ccccc3C(=O)Nc3ccc(Cl)cn3)cc2)CC1. The third-order valence-electron chi connectivity index (χ3n) is 6.04. The Morgan fingerprint density at radius 2 is 1.70 bits per heavy atom. The zero-order valence-electron chi connectivity index (χ0n) is 18.8. The van der Waals surface area contributed by atoms with Gasteiger partial charge in [0.15, 0.2) is 0 Å². The van der Waals surface area contributed by atoms with Crippen LogP contribution in [0.1, 0.15) is 45.5 Å². The van der Waals surface area contributed by atoms with Gasteiger partial charge in [-0.1, -0.05) is 35.9 Å². The number of hydrogen-bond acceptors (Lipinski definition) is 4. The molecule has 1 aliphatic rings. The zero-order valence-corrected chi connectivity index (χ0v) is 19.5. The van der Waals surface area contributed by atoms with Crippen molar-refractivity contribution in [2.75, 3.05) is 31.3 Å². The van der Waals surface area contributed by atoms with Crippen LogP contribution < -0.4 is 10.6 Å². The molecular weight excluding hydrogens is 436 g/mol. The average molecular weight is 463 g/mol. The number of halogens is 1. The van der Waals surface area contributed by atoms with Gasteiger partial charge in [-0.15, -0.1) is 0 Å². The summed E-state index contributed by atoms with van der Waals surface area (Å²) in [6.45, 7) is 1.05. The molecule has 6 nitrogen and oxygen atoms in total. The van der Waals surface area contributed by atoms with Gasteiger partial charge < -0.3 is 15.5 Å². The molecule has 0 spiro atoms. The molecule has 4 rings (SSSR count). The summed E-state index contributed by atoms with van der Waals surface area (Å²) < 4.78 is 0. The van der Waals surface area contributed by atoms with Gasteiger partial charge in [0, 0.05) is 11.8 Å². The predicted octanol–water partition coefficient (Wildman–Crippen LogP) is 5.22. The number of hydrogen-bond donors (Lipinski definition) is 2. The number of benzene rings is 2. The Balaban J connectivity index is 1.44. The van der Waals surface area contributed by atoms with E-state index in [0.717, 1.165) is 13.0 Å². The lowest BCUT2D eigenvalue weighted by molar-refractivity contribution is 0.102. The van der Waals surface area contributed by atoms with Gasteiger partial charge in [-0.2, -0.15) is 0 Å². The Hall–Kier alpha value is -3.22. The molecule has 7 heteroatoms. The van der Waals surface area contributed by atoms with Crippen LogP contribution in [-0.2, 0) is 5.41 Å². The highest BCUT2D eigenvalue weighted by Crippen LogP contribution is 2.51. The quantitative estimate of drug-likeness (QED) is 0.481. The van der Waals surface area contributed by atoms with Gasteiger partial charge in [0.05, 0.1) is 16.3 Å². The van der Waals surface area contributed by atoms with Gasteiger partial charge in [0.2, 0.25) is 0 Å². The summed E-state index contributed by atoms with van der Waals surface area (Å²) in [6.07, 6.45) is 4.96. The second-order valence-electron chi connectivity index (χ2n) is 8.73. The number of pyridine rings is 1.